The van der Waals surface area contributed by atoms with Crippen LogP contribution in [-0.2, 0) is 9.59 Å². The van der Waals surface area contributed by atoms with Gasteiger partial charge in [0.25, 0.3) is 0 Å². The van der Waals surface area contributed by atoms with Crippen LogP contribution in [0.5, 0.6) is 0 Å². The van der Waals surface area contributed by atoms with Crippen LogP contribution in [0.1, 0.15) is 45.4 Å². The molecule has 6 heteroatoms. The molecular formula is C16H30ClN3O2. The van der Waals surface area contributed by atoms with E-state index in [1.165, 1.54) is 0 Å². The standard InChI is InChI=1S/C16H29N3O2.ClH/c1-2-3-9-18-15(20)13-6-10-19(11-7-13)16(21)14-5-4-8-17-12-14;/h13-14,17H,2-12H2,1H3,(H,18,20);1H. The van der Waals surface area contributed by atoms with Gasteiger partial charge in [-0.15, -0.1) is 12.4 Å². The number of nitrogens with one attached hydrogen (secondary N) is 2. The van der Waals surface area contributed by atoms with Gasteiger partial charge in [0.15, 0.2) is 0 Å². The molecule has 1 atom stereocenters. The van der Waals surface area contributed by atoms with E-state index in [4.69, 9.17) is 0 Å². The number of carbonyl (C=O) groups excluding carboxylic acids is 2. The summed E-state index contributed by atoms with van der Waals surface area (Å²) in [7, 11) is 0. The highest BCUT2D eigenvalue weighted by atomic mass is 35.5. The summed E-state index contributed by atoms with van der Waals surface area (Å²) in [5.41, 5.74) is 0. The summed E-state index contributed by atoms with van der Waals surface area (Å²) >= 11 is 0. The van der Waals surface area contributed by atoms with E-state index in [9.17, 15) is 9.59 Å². The summed E-state index contributed by atoms with van der Waals surface area (Å²) in [6.45, 7) is 6.22. The molecule has 0 aromatic carbocycles. The van der Waals surface area contributed by atoms with Crippen LogP contribution in [0.4, 0.5) is 0 Å². The van der Waals surface area contributed by atoms with E-state index < -0.39 is 0 Å². The first kappa shape index (κ1) is 19.2. The maximum atomic E-state index is 12.4. The fourth-order valence-corrected chi connectivity index (χ4v) is 3.22. The highest BCUT2D eigenvalue weighted by Gasteiger charge is 2.31. The van der Waals surface area contributed by atoms with Crippen LogP contribution in [0.15, 0.2) is 0 Å². The minimum absolute atomic E-state index is 0. The van der Waals surface area contributed by atoms with Gasteiger partial charge in [-0.3, -0.25) is 9.59 Å². The van der Waals surface area contributed by atoms with Gasteiger partial charge < -0.3 is 15.5 Å². The molecule has 5 nitrogen and oxygen atoms in total. The molecule has 2 saturated heterocycles. The van der Waals surface area contributed by atoms with E-state index in [0.717, 1.165) is 71.2 Å². The minimum atomic E-state index is 0. The van der Waals surface area contributed by atoms with Crippen LogP contribution < -0.4 is 10.6 Å². The molecule has 2 amide bonds. The largest absolute Gasteiger partial charge is 0.356 e. The Kier molecular flexibility index (Phi) is 8.79. The van der Waals surface area contributed by atoms with Crippen molar-refractivity contribution < 1.29 is 9.59 Å². The molecule has 2 aliphatic heterocycles. The molecule has 0 bridgehead atoms. The molecule has 1 unspecified atom stereocenters. The van der Waals surface area contributed by atoms with Gasteiger partial charge in [0, 0.05) is 32.1 Å². The quantitative estimate of drug-likeness (QED) is 0.752. The zero-order chi connectivity index (χ0) is 15.1. The van der Waals surface area contributed by atoms with Crippen molar-refractivity contribution in [3.63, 3.8) is 0 Å². The van der Waals surface area contributed by atoms with E-state index in [2.05, 4.69) is 17.6 Å². The summed E-state index contributed by atoms with van der Waals surface area (Å²) in [6.07, 6.45) is 5.85. The maximum absolute atomic E-state index is 12.4. The lowest BCUT2D eigenvalue weighted by atomic mass is 9.93. The summed E-state index contributed by atoms with van der Waals surface area (Å²) < 4.78 is 0. The van der Waals surface area contributed by atoms with Gasteiger partial charge >= 0.3 is 0 Å². The van der Waals surface area contributed by atoms with Crippen molar-refractivity contribution in [1.29, 1.82) is 0 Å². The van der Waals surface area contributed by atoms with Gasteiger partial charge in [-0.2, -0.15) is 0 Å². The smallest absolute Gasteiger partial charge is 0.226 e. The van der Waals surface area contributed by atoms with Crippen molar-refractivity contribution >= 4 is 24.2 Å². The number of halogens is 1. The van der Waals surface area contributed by atoms with E-state index in [1.54, 1.807) is 0 Å². The van der Waals surface area contributed by atoms with E-state index >= 15 is 0 Å². The molecule has 128 valence electrons. The SMILES string of the molecule is CCCCNC(=O)C1CCN(C(=O)C2CCCNC2)CC1.Cl. The predicted octanol–water partition coefficient (Wildman–Crippen LogP) is 1.56. The molecule has 2 aliphatic rings. The molecule has 0 aliphatic carbocycles. The van der Waals surface area contributed by atoms with Crippen LogP contribution in [0, 0.1) is 11.8 Å². The lowest BCUT2D eigenvalue weighted by molar-refractivity contribution is -0.139. The van der Waals surface area contributed by atoms with E-state index in [1.807, 2.05) is 4.90 Å². The molecule has 0 saturated carbocycles. The number of amides is 2. The molecular weight excluding hydrogens is 302 g/mol. The zero-order valence-corrected chi connectivity index (χ0v) is 14.4. The molecule has 2 N–H and O–H groups in total. The topological polar surface area (TPSA) is 61.4 Å². The average molecular weight is 332 g/mol. The zero-order valence-electron chi connectivity index (χ0n) is 13.6. The number of piperidine rings is 2. The Morgan fingerprint density at radius 1 is 1.18 bits per heavy atom. The number of hydrogen-bond acceptors (Lipinski definition) is 3. The number of likely N-dealkylation sites (tertiary alicyclic amines) is 1. The first-order valence-electron chi connectivity index (χ1n) is 8.49. The van der Waals surface area contributed by atoms with Crippen LogP contribution in [0.2, 0.25) is 0 Å². The first-order valence-corrected chi connectivity index (χ1v) is 8.49. The molecule has 2 heterocycles. The second kappa shape index (κ2) is 10.1. The third-order valence-corrected chi connectivity index (χ3v) is 4.65. The van der Waals surface area contributed by atoms with Gasteiger partial charge in [0.05, 0.1) is 5.92 Å². The summed E-state index contributed by atoms with van der Waals surface area (Å²) in [6, 6.07) is 0. The molecule has 2 fully saturated rings. The second-order valence-electron chi connectivity index (χ2n) is 6.29. The Balaban J connectivity index is 0.00000242. The molecule has 0 spiro atoms. The Morgan fingerprint density at radius 3 is 2.50 bits per heavy atom. The molecule has 0 aromatic heterocycles. The van der Waals surface area contributed by atoms with Gasteiger partial charge in [-0.1, -0.05) is 13.3 Å². The number of rotatable bonds is 5. The second-order valence-corrected chi connectivity index (χ2v) is 6.29. The molecule has 22 heavy (non-hydrogen) atoms. The number of unbranched alkanes of at least 4 members (excludes halogenated alkanes) is 1. The summed E-state index contributed by atoms with van der Waals surface area (Å²) in [4.78, 5) is 26.4. The first-order chi connectivity index (χ1) is 10.2. The Labute approximate surface area is 140 Å². The number of hydrogen-bond donors (Lipinski definition) is 2. The van der Waals surface area contributed by atoms with Crippen LogP contribution in [-0.4, -0.2) is 49.4 Å². The van der Waals surface area contributed by atoms with Gasteiger partial charge in [0.1, 0.15) is 0 Å². The Morgan fingerprint density at radius 2 is 1.91 bits per heavy atom. The normalized spacial score (nSPS) is 22.8. The van der Waals surface area contributed by atoms with E-state index in [-0.39, 0.29) is 36.1 Å². The summed E-state index contributed by atoms with van der Waals surface area (Å²) in [5, 5.41) is 6.31. The predicted molar refractivity (Wildman–Crippen MR) is 90.1 cm³/mol. The highest BCUT2D eigenvalue weighted by Crippen LogP contribution is 2.21. The Bertz CT molecular complexity index is 351. The van der Waals surface area contributed by atoms with Crippen molar-refractivity contribution in [2.24, 2.45) is 11.8 Å². The Hall–Kier alpha value is -0.810. The summed E-state index contributed by atoms with van der Waals surface area (Å²) in [5.74, 6) is 0.700. The van der Waals surface area contributed by atoms with Crippen molar-refractivity contribution in [1.82, 2.24) is 15.5 Å². The fourth-order valence-electron chi connectivity index (χ4n) is 3.22. The van der Waals surface area contributed by atoms with Gasteiger partial charge in [-0.05, 0) is 38.6 Å². The number of nitrogens with zero attached hydrogens (tertiary/aromatic N) is 1. The lowest BCUT2D eigenvalue weighted by Crippen LogP contribution is -2.47. The third-order valence-electron chi connectivity index (χ3n) is 4.65. The van der Waals surface area contributed by atoms with Crippen molar-refractivity contribution in [2.45, 2.75) is 45.4 Å². The highest BCUT2D eigenvalue weighted by molar-refractivity contribution is 5.85. The van der Waals surface area contributed by atoms with Crippen molar-refractivity contribution in [3.8, 4) is 0 Å². The third kappa shape index (κ3) is 5.43. The van der Waals surface area contributed by atoms with Crippen LogP contribution in [0.25, 0.3) is 0 Å². The molecule has 2 rings (SSSR count). The molecule has 0 radical (unpaired) electrons. The van der Waals surface area contributed by atoms with Crippen LogP contribution >= 0.6 is 12.4 Å². The fraction of sp³-hybridized carbons (Fsp3) is 0.875. The minimum Gasteiger partial charge on any atom is -0.356 e. The number of carbonyl (C=O) groups is 2. The van der Waals surface area contributed by atoms with Crippen LogP contribution in [0.3, 0.4) is 0 Å². The monoisotopic (exact) mass is 331 g/mol. The lowest BCUT2D eigenvalue weighted by Gasteiger charge is -2.34. The van der Waals surface area contributed by atoms with Crippen molar-refractivity contribution in [3.05, 3.63) is 0 Å². The van der Waals surface area contributed by atoms with Gasteiger partial charge in [-0.25, -0.2) is 0 Å². The van der Waals surface area contributed by atoms with Gasteiger partial charge in [0.2, 0.25) is 11.8 Å². The van der Waals surface area contributed by atoms with E-state index in [0.29, 0.717) is 0 Å². The average Bonchev–Trinajstić information content (AvgIpc) is 2.55. The van der Waals surface area contributed by atoms with Crippen molar-refractivity contribution in [2.75, 3.05) is 32.7 Å². The molecule has 0 aromatic rings. The maximum Gasteiger partial charge on any atom is 0.226 e.